The van der Waals surface area contributed by atoms with Crippen molar-refractivity contribution in [3.63, 3.8) is 0 Å². The summed E-state index contributed by atoms with van der Waals surface area (Å²) in [5.74, 6) is 0.615. The first-order valence-electron chi connectivity index (χ1n) is 9.56. The summed E-state index contributed by atoms with van der Waals surface area (Å²) < 4.78 is 19.2. The molecule has 0 spiro atoms. The number of carbonyl (C=O) groups excluding carboxylic acids is 1. The molecular weight excluding hydrogens is 355 g/mol. The molecule has 26 heavy (non-hydrogen) atoms. The van der Waals surface area contributed by atoms with Gasteiger partial charge in [-0.25, -0.2) is 4.39 Å². The van der Waals surface area contributed by atoms with Crippen molar-refractivity contribution >= 4 is 18.3 Å². The molecule has 0 bridgehead atoms. The van der Waals surface area contributed by atoms with E-state index in [4.69, 9.17) is 4.74 Å². The van der Waals surface area contributed by atoms with E-state index in [1.54, 1.807) is 12.1 Å². The highest BCUT2D eigenvalue weighted by Crippen LogP contribution is 2.34. The zero-order valence-corrected chi connectivity index (χ0v) is 16.0. The van der Waals surface area contributed by atoms with E-state index in [0.717, 1.165) is 12.0 Å². The minimum Gasteiger partial charge on any atom is -0.367 e. The van der Waals surface area contributed by atoms with Crippen LogP contribution in [0, 0.1) is 11.7 Å². The van der Waals surface area contributed by atoms with E-state index in [2.05, 4.69) is 5.32 Å². The fourth-order valence-corrected chi connectivity index (χ4v) is 4.72. The van der Waals surface area contributed by atoms with Crippen molar-refractivity contribution in [2.75, 3.05) is 13.1 Å². The Balaban J connectivity index is 0.00000196. The fraction of sp³-hybridized carbons (Fsp3) is 0.650. The SMILES string of the molecule is CC1CN(C(=O)C2CC3CCCCC3N2)CC(c2ccc(F)cc2)O1.Cl. The molecule has 5 unspecified atom stereocenters. The molecule has 3 aliphatic rings. The largest absolute Gasteiger partial charge is 0.367 e. The highest BCUT2D eigenvalue weighted by Gasteiger charge is 2.41. The molecule has 6 heteroatoms. The van der Waals surface area contributed by atoms with Crippen LogP contribution in [-0.4, -0.2) is 42.1 Å². The summed E-state index contributed by atoms with van der Waals surface area (Å²) in [6, 6.07) is 6.88. The molecule has 1 saturated carbocycles. The first kappa shape index (κ1) is 19.6. The Bertz CT molecular complexity index is 613. The summed E-state index contributed by atoms with van der Waals surface area (Å²) in [5.41, 5.74) is 0.929. The number of ether oxygens (including phenoxy) is 1. The predicted octanol–water partition coefficient (Wildman–Crippen LogP) is 3.46. The summed E-state index contributed by atoms with van der Waals surface area (Å²) in [6.45, 7) is 3.17. The lowest BCUT2D eigenvalue weighted by Gasteiger charge is -2.38. The summed E-state index contributed by atoms with van der Waals surface area (Å²) in [6.07, 6.45) is 5.79. The number of amides is 1. The van der Waals surface area contributed by atoms with Crippen LogP contribution in [0.4, 0.5) is 4.39 Å². The number of hydrogen-bond donors (Lipinski definition) is 1. The van der Waals surface area contributed by atoms with Gasteiger partial charge in [0.2, 0.25) is 5.91 Å². The van der Waals surface area contributed by atoms with E-state index in [1.165, 1.54) is 37.8 Å². The van der Waals surface area contributed by atoms with Crippen LogP contribution in [0.3, 0.4) is 0 Å². The van der Waals surface area contributed by atoms with Crippen molar-refractivity contribution in [1.29, 1.82) is 0 Å². The standard InChI is InChI=1S/C20H27FN2O2.ClH/c1-13-11-23(12-19(25-13)14-6-8-16(21)9-7-14)20(24)18-10-15-4-2-3-5-17(15)22-18;/h6-9,13,15,17-19,22H,2-5,10-12H2,1H3;1H. The van der Waals surface area contributed by atoms with Crippen molar-refractivity contribution in [3.8, 4) is 0 Å². The van der Waals surface area contributed by atoms with E-state index in [1.807, 2.05) is 11.8 Å². The molecule has 4 rings (SSSR count). The first-order valence-corrected chi connectivity index (χ1v) is 9.56. The first-order chi connectivity index (χ1) is 12.1. The Hall–Kier alpha value is -1.17. The molecule has 0 aromatic heterocycles. The number of benzene rings is 1. The molecule has 2 saturated heterocycles. The molecule has 1 amide bonds. The van der Waals surface area contributed by atoms with Gasteiger partial charge < -0.3 is 15.0 Å². The van der Waals surface area contributed by atoms with Gasteiger partial charge >= 0.3 is 0 Å². The van der Waals surface area contributed by atoms with Gasteiger partial charge in [0.25, 0.3) is 0 Å². The van der Waals surface area contributed by atoms with Gasteiger partial charge in [-0.05, 0) is 49.8 Å². The Morgan fingerprint density at radius 2 is 1.92 bits per heavy atom. The lowest BCUT2D eigenvalue weighted by Crippen LogP contribution is -2.52. The van der Waals surface area contributed by atoms with Crippen LogP contribution in [-0.2, 0) is 9.53 Å². The average Bonchev–Trinajstić information content (AvgIpc) is 3.05. The van der Waals surface area contributed by atoms with Gasteiger partial charge in [0.15, 0.2) is 0 Å². The number of nitrogens with zero attached hydrogens (tertiary/aromatic N) is 1. The Morgan fingerprint density at radius 3 is 2.65 bits per heavy atom. The highest BCUT2D eigenvalue weighted by molar-refractivity contribution is 5.85. The van der Waals surface area contributed by atoms with Gasteiger partial charge in [-0.3, -0.25) is 4.79 Å². The Labute approximate surface area is 160 Å². The highest BCUT2D eigenvalue weighted by atomic mass is 35.5. The Morgan fingerprint density at radius 1 is 1.19 bits per heavy atom. The quantitative estimate of drug-likeness (QED) is 0.851. The third-order valence-corrected chi connectivity index (χ3v) is 5.97. The lowest BCUT2D eigenvalue weighted by atomic mass is 9.85. The second kappa shape index (κ2) is 8.24. The molecule has 2 aliphatic heterocycles. The third kappa shape index (κ3) is 4.05. The minimum atomic E-state index is -0.252. The van der Waals surface area contributed by atoms with E-state index in [0.29, 0.717) is 25.0 Å². The van der Waals surface area contributed by atoms with E-state index in [9.17, 15) is 9.18 Å². The maximum Gasteiger partial charge on any atom is 0.239 e. The number of fused-ring (bicyclic) bond motifs is 1. The molecule has 4 nitrogen and oxygen atoms in total. The monoisotopic (exact) mass is 382 g/mol. The predicted molar refractivity (Wildman–Crippen MR) is 101 cm³/mol. The maximum absolute atomic E-state index is 13.2. The Kier molecular flexibility index (Phi) is 6.21. The number of carbonyl (C=O) groups is 1. The van der Waals surface area contributed by atoms with Gasteiger partial charge in [-0.15, -0.1) is 12.4 Å². The van der Waals surface area contributed by atoms with Crippen LogP contribution in [0.2, 0.25) is 0 Å². The summed E-state index contributed by atoms with van der Waals surface area (Å²) in [5, 5.41) is 3.59. The second-order valence-electron chi connectivity index (χ2n) is 7.84. The zero-order chi connectivity index (χ0) is 17.4. The van der Waals surface area contributed by atoms with Gasteiger partial charge in [0.1, 0.15) is 11.9 Å². The second-order valence-corrected chi connectivity index (χ2v) is 7.84. The minimum absolute atomic E-state index is 0. The zero-order valence-electron chi connectivity index (χ0n) is 15.2. The van der Waals surface area contributed by atoms with Crippen LogP contribution in [0.5, 0.6) is 0 Å². The van der Waals surface area contributed by atoms with Gasteiger partial charge in [-0.2, -0.15) is 0 Å². The normalized spacial score (nSPS) is 34.1. The molecule has 1 aromatic rings. The van der Waals surface area contributed by atoms with Crippen LogP contribution in [0.25, 0.3) is 0 Å². The van der Waals surface area contributed by atoms with Crippen molar-refractivity contribution in [2.45, 2.75) is 63.3 Å². The molecule has 2 heterocycles. The smallest absolute Gasteiger partial charge is 0.239 e. The van der Waals surface area contributed by atoms with Crippen LogP contribution < -0.4 is 5.32 Å². The third-order valence-electron chi connectivity index (χ3n) is 5.97. The van der Waals surface area contributed by atoms with Crippen molar-refractivity contribution < 1.29 is 13.9 Å². The maximum atomic E-state index is 13.2. The topological polar surface area (TPSA) is 41.6 Å². The molecule has 1 aromatic carbocycles. The number of hydrogen-bond acceptors (Lipinski definition) is 3. The molecule has 1 N–H and O–H groups in total. The van der Waals surface area contributed by atoms with Gasteiger partial charge in [0.05, 0.1) is 18.7 Å². The average molecular weight is 383 g/mol. The van der Waals surface area contributed by atoms with Crippen LogP contribution in [0.1, 0.15) is 50.7 Å². The molecule has 5 atom stereocenters. The number of rotatable bonds is 2. The molecule has 1 aliphatic carbocycles. The number of morpholine rings is 1. The van der Waals surface area contributed by atoms with Crippen LogP contribution >= 0.6 is 12.4 Å². The van der Waals surface area contributed by atoms with Crippen molar-refractivity contribution in [1.82, 2.24) is 10.2 Å². The van der Waals surface area contributed by atoms with Crippen molar-refractivity contribution in [2.24, 2.45) is 5.92 Å². The summed E-state index contributed by atoms with van der Waals surface area (Å²) in [4.78, 5) is 15.0. The van der Waals surface area contributed by atoms with E-state index < -0.39 is 0 Å². The van der Waals surface area contributed by atoms with Gasteiger partial charge in [-0.1, -0.05) is 25.0 Å². The molecule has 3 fully saturated rings. The number of halogens is 2. The summed E-state index contributed by atoms with van der Waals surface area (Å²) >= 11 is 0. The number of nitrogens with one attached hydrogen (secondary N) is 1. The van der Waals surface area contributed by atoms with E-state index in [-0.39, 0.29) is 42.4 Å². The molecule has 0 radical (unpaired) electrons. The van der Waals surface area contributed by atoms with E-state index >= 15 is 0 Å². The lowest BCUT2D eigenvalue weighted by molar-refractivity contribution is -0.146. The molecule has 144 valence electrons. The van der Waals surface area contributed by atoms with Crippen LogP contribution in [0.15, 0.2) is 24.3 Å². The van der Waals surface area contributed by atoms with Gasteiger partial charge in [0, 0.05) is 12.6 Å². The fourth-order valence-electron chi connectivity index (χ4n) is 4.72. The molecular formula is C20H28ClFN2O2. The van der Waals surface area contributed by atoms with Crippen molar-refractivity contribution in [3.05, 3.63) is 35.6 Å². The summed E-state index contributed by atoms with van der Waals surface area (Å²) in [7, 11) is 0.